The Kier molecular flexibility index (Phi) is 2.24. The Labute approximate surface area is 73.0 Å². The highest BCUT2D eigenvalue weighted by Gasteiger charge is 2.14. The van der Waals surface area contributed by atoms with Crippen molar-refractivity contribution in [1.82, 2.24) is 9.78 Å². The quantitative estimate of drug-likeness (QED) is 0.693. The predicted octanol–water partition coefficient (Wildman–Crippen LogP) is 1.69. The highest BCUT2D eigenvalue weighted by Crippen LogP contribution is 2.16. The Morgan fingerprint density at radius 1 is 1.50 bits per heavy atom. The van der Waals surface area contributed by atoms with Crippen molar-refractivity contribution >= 4 is 0 Å². The first-order valence-corrected chi connectivity index (χ1v) is 4.14. The molecule has 12 heavy (non-hydrogen) atoms. The zero-order valence-electron chi connectivity index (χ0n) is 8.07. The van der Waals surface area contributed by atoms with Gasteiger partial charge in [0, 0.05) is 11.8 Å². The lowest BCUT2D eigenvalue weighted by atomic mass is 10.1. The Balaban J connectivity index is 2.92. The molecule has 0 aliphatic carbocycles. The number of aliphatic hydroxyl groups is 1. The van der Waals surface area contributed by atoms with Gasteiger partial charge in [0.15, 0.2) is 0 Å². The fourth-order valence-electron chi connectivity index (χ4n) is 0.919. The number of nitrogens with zero attached hydrogens (tertiary/aromatic N) is 2. The molecule has 0 radical (unpaired) electrons. The van der Waals surface area contributed by atoms with E-state index in [2.05, 4.69) is 25.9 Å². The third-order valence-corrected chi connectivity index (χ3v) is 1.77. The molecule has 0 spiro atoms. The monoisotopic (exact) mass is 168 g/mol. The molecule has 0 saturated heterocycles. The molecular formula is C9H16N2O. The second-order valence-electron chi connectivity index (χ2n) is 4.07. The first-order valence-electron chi connectivity index (χ1n) is 4.14. The summed E-state index contributed by atoms with van der Waals surface area (Å²) in [6.07, 6.45) is 3.15. The van der Waals surface area contributed by atoms with Crippen LogP contribution in [0.4, 0.5) is 0 Å². The molecule has 0 amide bonds. The molecule has 3 heteroatoms. The lowest BCUT2D eigenvalue weighted by Gasteiger charge is -2.18. The third-order valence-electron chi connectivity index (χ3n) is 1.77. The van der Waals surface area contributed by atoms with Gasteiger partial charge in [-0.15, -0.1) is 0 Å². The average Bonchev–Trinajstić information content (AvgIpc) is 2.30. The molecule has 1 atom stereocenters. The maximum absolute atomic E-state index is 9.25. The molecule has 1 N–H and O–H groups in total. The molecule has 0 fully saturated rings. The van der Waals surface area contributed by atoms with Crippen LogP contribution in [0.5, 0.6) is 0 Å². The van der Waals surface area contributed by atoms with Gasteiger partial charge in [-0.3, -0.25) is 4.68 Å². The van der Waals surface area contributed by atoms with Crippen LogP contribution in [-0.2, 0) is 5.54 Å². The van der Waals surface area contributed by atoms with Gasteiger partial charge in [0.2, 0.25) is 0 Å². The summed E-state index contributed by atoms with van der Waals surface area (Å²) in [7, 11) is 0. The summed E-state index contributed by atoms with van der Waals surface area (Å²) in [4.78, 5) is 0. The first-order chi connectivity index (χ1) is 5.41. The van der Waals surface area contributed by atoms with Crippen LogP contribution < -0.4 is 0 Å². The molecule has 0 saturated carbocycles. The van der Waals surface area contributed by atoms with Gasteiger partial charge in [-0.1, -0.05) is 0 Å². The van der Waals surface area contributed by atoms with Crippen LogP contribution in [0.2, 0.25) is 0 Å². The van der Waals surface area contributed by atoms with Gasteiger partial charge in [-0.2, -0.15) is 5.10 Å². The Morgan fingerprint density at radius 2 is 2.08 bits per heavy atom. The molecule has 0 aliphatic heterocycles. The molecule has 1 aromatic rings. The largest absolute Gasteiger partial charge is 0.389 e. The molecule has 1 rings (SSSR count). The summed E-state index contributed by atoms with van der Waals surface area (Å²) in [6.45, 7) is 7.97. The second-order valence-corrected chi connectivity index (χ2v) is 4.07. The zero-order chi connectivity index (χ0) is 9.35. The van der Waals surface area contributed by atoms with Crippen LogP contribution in [-0.4, -0.2) is 14.9 Å². The van der Waals surface area contributed by atoms with Crippen molar-refractivity contribution in [2.24, 2.45) is 0 Å². The van der Waals surface area contributed by atoms with E-state index in [0.717, 1.165) is 5.56 Å². The summed E-state index contributed by atoms with van der Waals surface area (Å²) in [5.41, 5.74) is 0.859. The fraction of sp³-hybridized carbons (Fsp3) is 0.667. The highest BCUT2D eigenvalue weighted by atomic mass is 16.3. The number of aliphatic hydroxyl groups excluding tert-OH is 1. The lowest BCUT2D eigenvalue weighted by Crippen LogP contribution is -2.21. The minimum atomic E-state index is -0.430. The molecule has 0 bridgehead atoms. The number of hydrogen-bond acceptors (Lipinski definition) is 2. The Bertz CT molecular complexity index is 258. The van der Waals surface area contributed by atoms with E-state index in [0.29, 0.717) is 0 Å². The van der Waals surface area contributed by atoms with Gasteiger partial charge in [-0.05, 0) is 27.7 Å². The molecule has 0 aromatic carbocycles. The molecular weight excluding hydrogens is 152 g/mol. The van der Waals surface area contributed by atoms with Crippen molar-refractivity contribution in [3.05, 3.63) is 18.0 Å². The molecule has 3 nitrogen and oxygen atoms in total. The predicted molar refractivity (Wildman–Crippen MR) is 47.9 cm³/mol. The van der Waals surface area contributed by atoms with Gasteiger partial charge in [0.1, 0.15) is 0 Å². The average molecular weight is 168 g/mol. The molecule has 68 valence electrons. The van der Waals surface area contributed by atoms with Gasteiger partial charge in [-0.25, -0.2) is 0 Å². The zero-order valence-corrected chi connectivity index (χ0v) is 8.07. The van der Waals surface area contributed by atoms with E-state index in [-0.39, 0.29) is 5.54 Å². The van der Waals surface area contributed by atoms with Gasteiger partial charge in [0.25, 0.3) is 0 Å². The van der Waals surface area contributed by atoms with Gasteiger partial charge >= 0.3 is 0 Å². The molecule has 1 heterocycles. The van der Waals surface area contributed by atoms with Gasteiger partial charge in [0.05, 0.1) is 17.8 Å². The minimum Gasteiger partial charge on any atom is -0.389 e. The van der Waals surface area contributed by atoms with Crippen LogP contribution in [0, 0.1) is 0 Å². The fourth-order valence-corrected chi connectivity index (χ4v) is 0.919. The second kappa shape index (κ2) is 2.90. The van der Waals surface area contributed by atoms with Crippen LogP contribution in [0.15, 0.2) is 12.4 Å². The van der Waals surface area contributed by atoms with Crippen molar-refractivity contribution in [3.63, 3.8) is 0 Å². The van der Waals surface area contributed by atoms with Crippen molar-refractivity contribution in [1.29, 1.82) is 0 Å². The van der Waals surface area contributed by atoms with Crippen molar-refractivity contribution in [2.75, 3.05) is 0 Å². The van der Waals surface area contributed by atoms with Crippen molar-refractivity contribution < 1.29 is 5.11 Å². The van der Waals surface area contributed by atoms with E-state index in [4.69, 9.17) is 0 Å². The highest BCUT2D eigenvalue weighted by molar-refractivity contribution is 5.07. The summed E-state index contributed by atoms with van der Waals surface area (Å²) in [5, 5.41) is 13.4. The SMILES string of the molecule is C[C@@H](O)c1cnn(C(C)(C)C)c1. The summed E-state index contributed by atoms with van der Waals surface area (Å²) >= 11 is 0. The number of aromatic nitrogens is 2. The van der Waals surface area contributed by atoms with Crippen LogP contribution >= 0.6 is 0 Å². The summed E-state index contributed by atoms with van der Waals surface area (Å²) in [6, 6.07) is 0. The number of rotatable bonds is 1. The van der Waals surface area contributed by atoms with Crippen LogP contribution in [0.1, 0.15) is 39.4 Å². The normalized spacial score (nSPS) is 14.8. The van der Waals surface area contributed by atoms with Crippen LogP contribution in [0.25, 0.3) is 0 Å². The maximum Gasteiger partial charge on any atom is 0.0792 e. The topological polar surface area (TPSA) is 38.1 Å². The third kappa shape index (κ3) is 1.85. The molecule has 0 unspecified atom stereocenters. The lowest BCUT2D eigenvalue weighted by molar-refractivity contribution is 0.199. The van der Waals surface area contributed by atoms with Crippen molar-refractivity contribution in [3.8, 4) is 0 Å². The first kappa shape index (κ1) is 9.26. The van der Waals surface area contributed by atoms with Crippen LogP contribution in [0.3, 0.4) is 0 Å². The van der Waals surface area contributed by atoms with Gasteiger partial charge < -0.3 is 5.11 Å². The van der Waals surface area contributed by atoms with E-state index in [1.54, 1.807) is 13.1 Å². The smallest absolute Gasteiger partial charge is 0.0792 e. The summed E-state index contributed by atoms with van der Waals surface area (Å²) in [5.74, 6) is 0. The standard InChI is InChI=1S/C9H16N2O/c1-7(12)8-5-10-11(6-8)9(2,3)4/h5-7,12H,1-4H3/t7-/m1/s1. The van der Waals surface area contributed by atoms with E-state index in [1.165, 1.54) is 0 Å². The Hall–Kier alpha value is -0.830. The minimum absolute atomic E-state index is 0.00681. The maximum atomic E-state index is 9.25. The van der Waals surface area contributed by atoms with E-state index < -0.39 is 6.10 Å². The van der Waals surface area contributed by atoms with E-state index in [9.17, 15) is 5.11 Å². The number of hydrogen-bond donors (Lipinski definition) is 1. The molecule has 0 aliphatic rings. The summed E-state index contributed by atoms with van der Waals surface area (Å²) < 4.78 is 1.86. The Morgan fingerprint density at radius 3 is 2.33 bits per heavy atom. The molecule has 1 aromatic heterocycles. The van der Waals surface area contributed by atoms with E-state index >= 15 is 0 Å². The van der Waals surface area contributed by atoms with Crippen molar-refractivity contribution in [2.45, 2.75) is 39.3 Å². The van der Waals surface area contributed by atoms with E-state index in [1.807, 2.05) is 10.9 Å².